The van der Waals surface area contributed by atoms with Gasteiger partial charge in [-0.15, -0.1) is 11.3 Å². The van der Waals surface area contributed by atoms with Gasteiger partial charge >= 0.3 is 16.4 Å². The molecule has 2 amide bonds. The van der Waals surface area contributed by atoms with Crippen LogP contribution < -0.4 is 15.4 Å². The highest BCUT2D eigenvalue weighted by atomic mass is 32.2. The van der Waals surface area contributed by atoms with Gasteiger partial charge in [0.2, 0.25) is 5.91 Å². The number of thiazole rings is 1. The predicted octanol–water partition coefficient (Wildman–Crippen LogP) is 3.60. The van der Waals surface area contributed by atoms with E-state index in [1.807, 2.05) is 40.4 Å². The van der Waals surface area contributed by atoms with Crippen LogP contribution in [0.2, 0.25) is 0 Å². The highest BCUT2D eigenvalue weighted by Gasteiger charge is 2.29. The van der Waals surface area contributed by atoms with Crippen LogP contribution in [0.1, 0.15) is 46.6 Å². The molecule has 2 unspecified atom stereocenters. The summed E-state index contributed by atoms with van der Waals surface area (Å²) >= 11 is 1.47. The summed E-state index contributed by atoms with van der Waals surface area (Å²) in [4.78, 5) is 30.2. The summed E-state index contributed by atoms with van der Waals surface area (Å²) in [6.07, 6.45) is 2.15. The summed E-state index contributed by atoms with van der Waals surface area (Å²) in [7, 11) is -3.14. The lowest BCUT2D eigenvalue weighted by Crippen LogP contribution is -2.49. The number of carbonyl (C=O) groups excluding carboxylic acids is 2. The molecule has 196 valence electrons. The Balaban J connectivity index is 1.55. The Labute approximate surface area is 219 Å². The van der Waals surface area contributed by atoms with Gasteiger partial charge in [-0.1, -0.05) is 42.5 Å². The number of rotatable bonds is 11. The Hall–Kier alpha value is -3.48. The van der Waals surface area contributed by atoms with E-state index in [1.165, 1.54) is 30.6 Å². The Morgan fingerprint density at radius 2 is 1.73 bits per heavy atom. The van der Waals surface area contributed by atoms with E-state index in [4.69, 9.17) is 14.3 Å². The molecular formula is C25H28N4O6S2. The largest absolute Gasteiger partial charge is 0.453 e. The molecule has 4 rings (SSSR count). The maximum atomic E-state index is 13.4. The zero-order chi connectivity index (χ0) is 26.4. The van der Waals surface area contributed by atoms with Crippen molar-refractivity contribution in [3.8, 4) is 0 Å². The van der Waals surface area contributed by atoms with Crippen molar-refractivity contribution in [1.29, 1.82) is 0 Å². The van der Waals surface area contributed by atoms with Crippen LogP contribution in [0.5, 0.6) is 0 Å². The standard InChI is InChI=1S/C25H28N4O6S2/c1-35-25(31)28-20(13-16-5-3-2-4-6-16)23(30)26-21(24-27-22(15-36-24)18-9-10-18)14-17-7-11-19(12-8-17)29-37(32,33)34/h2-8,11-12,15,18,20-21,29H,9-10,13-14H2,1H3,(H,26,30)(H,28,31)(H,32,33,34). The van der Waals surface area contributed by atoms with Crippen molar-refractivity contribution in [1.82, 2.24) is 15.6 Å². The molecule has 37 heavy (non-hydrogen) atoms. The number of nitrogens with zero attached hydrogens (tertiary/aromatic N) is 1. The van der Waals surface area contributed by atoms with Gasteiger partial charge in [0.15, 0.2) is 0 Å². The van der Waals surface area contributed by atoms with Crippen molar-refractivity contribution in [2.45, 2.75) is 43.7 Å². The molecule has 1 aromatic heterocycles. The Morgan fingerprint density at radius 3 is 2.35 bits per heavy atom. The number of alkyl carbamates (subject to hydrolysis) is 1. The number of aromatic nitrogens is 1. The minimum Gasteiger partial charge on any atom is -0.453 e. The summed E-state index contributed by atoms with van der Waals surface area (Å²) in [5.41, 5.74) is 2.92. The molecule has 2 aromatic carbocycles. The van der Waals surface area contributed by atoms with Crippen LogP contribution in [0.15, 0.2) is 60.0 Å². The topological polar surface area (TPSA) is 147 Å². The number of hydrogen-bond donors (Lipinski definition) is 4. The van der Waals surface area contributed by atoms with Gasteiger partial charge < -0.3 is 15.4 Å². The van der Waals surface area contributed by atoms with Crippen LogP contribution in [0, 0.1) is 0 Å². The van der Waals surface area contributed by atoms with Crippen molar-refractivity contribution in [3.05, 3.63) is 81.8 Å². The van der Waals surface area contributed by atoms with E-state index < -0.39 is 28.5 Å². The van der Waals surface area contributed by atoms with E-state index in [1.54, 1.807) is 12.1 Å². The highest BCUT2D eigenvalue weighted by Crippen LogP contribution is 2.41. The van der Waals surface area contributed by atoms with Crippen molar-refractivity contribution >= 4 is 39.3 Å². The number of carbonyl (C=O) groups is 2. The lowest BCUT2D eigenvalue weighted by Gasteiger charge is -2.22. The highest BCUT2D eigenvalue weighted by molar-refractivity contribution is 7.87. The Morgan fingerprint density at radius 1 is 1.05 bits per heavy atom. The number of ether oxygens (including phenoxy) is 1. The molecule has 10 nitrogen and oxygen atoms in total. The summed E-state index contributed by atoms with van der Waals surface area (Å²) in [5.74, 6) is 0.0750. The first-order chi connectivity index (χ1) is 17.7. The molecule has 1 aliphatic rings. The van der Waals surface area contributed by atoms with Gasteiger partial charge in [-0.25, -0.2) is 9.78 Å². The first-order valence-electron chi connectivity index (χ1n) is 11.7. The van der Waals surface area contributed by atoms with Crippen molar-refractivity contribution in [2.24, 2.45) is 0 Å². The predicted molar refractivity (Wildman–Crippen MR) is 140 cm³/mol. The fourth-order valence-corrected chi connectivity index (χ4v) is 5.24. The van der Waals surface area contributed by atoms with E-state index in [0.717, 1.165) is 34.7 Å². The molecular weight excluding hydrogens is 516 g/mol. The fraction of sp³-hybridized carbons (Fsp3) is 0.320. The molecule has 3 aromatic rings. The Kier molecular flexibility index (Phi) is 8.41. The summed E-state index contributed by atoms with van der Waals surface area (Å²) in [6.45, 7) is 0. The van der Waals surface area contributed by atoms with Gasteiger partial charge in [0.1, 0.15) is 11.0 Å². The van der Waals surface area contributed by atoms with E-state index in [2.05, 4.69) is 10.6 Å². The van der Waals surface area contributed by atoms with Crippen LogP contribution in [-0.4, -0.2) is 43.1 Å². The van der Waals surface area contributed by atoms with Crippen LogP contribution >= 0.6 is 11.3 Å². The lowest BCUT2D eigenvalue weighted by atomic mass is 10.0. The maximum absolute atomic E-state index is 13.4. The monoisotopic (exact) mass is 544 g/mol. The molecule has 2 atom stereocenters. The molecule has 0 bridgehead atoms. The molecule has 1 saturated carbocycles. The molecule has 0 aliphatic heterocycles. The van der Waals surface area contributed by atoms with Crippen LogP contribution in [0.25, 0.3) is 0 Å². The zero-order valence-corrected chi connectivity index (χ0v) is 21.7. The van der Waals surface area contributed by atoms with Crippen molar-refractivity contribution < 1.29 is 27.3 Å². The molecule has 1 aliphatic carbocycles. The molecule has 1 heterocycles. The van der Waals surface area contributed by atoms with Gasteiger partial charge in [0.25, 0.3) is 0 Å². The van der Waals surface area contributed by atoms with Gasteiger partial charge in [-0.05, 0) is 42.5 Å². The normalized spacial score (nSPS) is 14.9. The molecule has 0 radical (unpaired) electrons. The summed E-state index contributed by atoms with van der Waals surface area (Å²) in [6, 6.07) is 14.5. The second-order valence-corrected chi connectivity index (χ2v) is 10.8. The average Bonchev–Trinajstić information content (AvgIpc) is 3.60. The van der Waals surface area contributed by atoms with Gasteiger partial charge in [-0.2, -0.15) is 8.42 Å². The number of amides is 2. The summed E-state index contributed by atoms with van der Waals surface area (Å²) < 4.78 is 37.9. The number of benzene rings is 2. The second kappa shape index (κ2) is 11.7. The molecule has 1 fully saturated rings. The van der Waals surface area contributed by atoms with Gasteiger partial charge in [0.05, 0.1) is 24.5 Å². The van der Waals surface area contributed by atoms with Crippen molar-refractivity contribution in [2.75, 3.05) is 11.8 Å². The van der Waals surface area contributed by atoms with Gasteiger partial charge in [-0.3, -0.25) is 14.1 Å². The number of methoxy groups -OCH3 is 1. The van der Waals surface area contributed by atoms with Gasteiger partial charge in [0, 0.05) is 17.7 Å². The smallest absolute Gasteiger partial charge is 0.407 e. The fourth-order valence-electron chi connectivity index (χ4n) is 3.85. The summed E-state index contributed by atoms with van der Waals surface area (Å²) in [5, 5.41) is 8.42. The third-order valence-corrected chi connectivity index (χ3v) is 7.34. The SMILES string of the molecule is COC(=O)NC(Cc1ccccc1)C(=O)NC(Cc1ccc(NS(=O)(=O)O)cc1)c1nc(C2CC2)cs1. The minimum atomic E-state index is -4.38. The lowest BCUT2D eigenvalue weighted by molar-refractivity contribution is -0.123. The van der Waals surface area contributed by atoms with E-state index in [0.29, 0.717) is 12.3 Å². The third-order valence-electron chi connectivity index (χ3n) is 5.87. The quantitative estimate of drug-likeness (QED) is 0.270. The average molecular weight is 545 g/mol. The molecule has 0 saturated heterocycles. The maximum Gasteiger partial charge on any atom is 0.407 e. The minimum absolute atomic E-state index is 0.210. The number of anilines is 1. The van der Waals surface area contributed by atoms with E-state index >= 15 is 0 Å². The first kappa shape index (κ1) is 26.6. The van der Waals surface area contributed by atoms with Crippen LogP contribution in [0.3, 0.4) is 0 Å². The number of hydrogen-bond acceptors (Lipinski definition) is 7. The third kappa shape index (κ3) is 8.00. The van der Waals surface area contributed by atoms with Crippen molar-refractivity contribution in [3.63, 3.8) is 0 Å². The number of nitrogens with one attached hydrogen (secondary N) is 3. The zero-order valence-electron chi connectivity index (χ0n) is 20.1. The van der Waals surface area contributed by atoms with E-state index in [-0.39, 0.29) is 18.0 Å². The molecule has 12 heteroatoms. The molecule has 0 spiro atoms. The second-order valence-electron chi connectivity index (χ2n) is 8.80. The van der Waals surface area contributed by atoms with E-state index in [9.17, 15) is 18.0 Å². The van der Waals surface area contributed by atoms with Crippen LogP contribution in [-0.2, 0) is 32.7 Å². The Bertz CT molecular complexity index is 1320. The first-order valence-corrected chi connectivity index (χ1v) is 14.0. The molecule has 4 N–H and O–H groups in total. The van der Waals surface area contributed by atoms with Crippen LogP contribution in [0.4, 0.5) is 10.5 Å².